The van der Waals surface area contributed by atoms with Crippen LogP contribution in [0.1, 0.15) is 39.5 Å². The zero-order valence-corrected chi connectivity index (χ0v) is 14.5. The predicted octanol–water partition coefficient (Wildman–Crippen LogP) is 1.53. The average molecular weight is 317 g/mol. The van der Waals surface area contributed by atoms with E-state index >= 15 is 0 Å². The molecule has 2 unspecified atom stereocenters. The van der Waals surface area contributed by atoms with Gasteiger partial charge in [-0.3, -0.25) is 0 Å². The van der Waals surface area contributed by atoms with Crippen LogP contribution in [-0.4, -0.2) is 56.8 Å². The topological polar surface area (TPSA) is 52.7 Å². The van der Waals surface area contributed by atoms with Crippen LogP contribution in [0.25, 0.3) is 0 Å². The molecule has 0 amide bonds. The van der Waals surface area contributed by atoms with Crippen LogP contribution in [0.15, 0.2) is 0 Å². The highest BCUT2D eigenvalue weighted by molar-refractivity contribution is 7.86. The molecule has 0 aliphatic carbocycles. The molecule has 2 aliphatic heterocycles. The monoisotopic (exact) mass is 317 g/mol. The summed E-state index contributed by atoms with van der Waals surface area (Å²) >= 11 is 0. The lowest BCUT2D eigenvalue weighted by atomic mass is 9.94. The molecule has 2 fully saturated rings. The first-order valence-corrected chi connectivity index (χ1v) is 9.73. The average Bonchev–Trinajstić information content (AvgIpc) is 2.44. The van der Waals surface area contributed by atoms with E-state index in [1.807, 2.05) is 7.05 Å². The number of nitrogens with one attached hydrogen (secondary N) is 1. The van der Waals surface area contributed by atoms with Crippen LogP contribution < -0.4 is 5.32 Å². The van der Waals surface area contributed by atoms with Crippen LogP contribution in [0.2, 0.25) is 0 Å². The lowest BCUT2D eigenvalue weighted by molar-refractivity contribution is 0.194. The third-order valence-corrected chi connectivity index (χ3v) is 6.83. The van der Waals surface area contributed by atoms with Gasteiger partial charge in [0, 0.05) is 26.2 Å². The molecule has 0 aromatic carbocycles. The lowest BCUT2D eigenvalue weighted by Crippen LogP contribution is -2.51. The standard InChI is InChI=1S/C15H31N3O2S/c1-13-10-14(2)12-18(11-13)21(19,20)17-8-5-15(6-9-17)4-7-16-3/h13-16H,4-12H2,1-3H3. The van der Waals surface area contributed by atoms with Gasteiger partial charge in [0.25, 0.3) is 10.2 Å². The second kappa shape index (κ2) is 7.40. The van der Waals surface area contributed by atoms with Gasteiger partial charge in [0.05, 0.1) is 0 Å². The van der Waals surface area contributed by atoms with E-state index in [-0.39, 0.29) is 0 Å². The van der Waals surface area contributed by atoms with Gasteiger partial charge in [-0.1, -0.05) is 13.8 Å². The Bertz CT molecular complexity index is 409. The molecule has 2 saturated heterocycles. The maximum Gasteiger partial charge on any atom is 0.281 e. The largest absolute Gasteiger partial charge is 0.320 e. The molecule has 0 aromatic rings. The molecule has 2 atom stereocenters. The predicted molar refractivity (Wildman–Crippen MR) is 86.3 cm³/mol. The fourth-order valence-corrected chi connectivity index (χ4v) is 5.62. The van der Waals surface area contributed by atoms with Gasteiger partial charge in [0.1, 0.15) is 0 Å². The summed E-state index contributed by atoms with van der Waals surface area (Å²) in [5.41, 5.74) is 0. The number of hydrogen-bond donors (Lipinski definition) is 1. The van der Waals surface area contributed by atoms with Crippen molar-refractivity contribution in [3.8, 4) is 0 Å². The van der Waals surface area contributed by atoms with Gasteiger partial charge >= 0.3 is 0 Å². The molecule has 0 aromatic heterocycles. The van der Waals surface area contributed by atoms with Crippen molar-refractivity contribution in [3.05, 3.63) is 0 Å². The fraction of sp³-hybridized carbons (Fsp3) is 1.00. The Morgan fingerprint density at radius 2 is 1.62 bits per heavy atom. The summed E-state index contributed by atoms with van der Waals surface area (Å²) in [5, 5.41) is 3.18. The second-order valence-corrected chi connectivity index (χ2v) is 8.93. The number of nitrogens with zero attached hydrogens (tertiary/aromatic N) is 2. The van der Waals surface area contributed by atoms with Gasteiger partial charge < -0.3 is 5.32 Å². The highest BCUT2D eigenvalue weighted by Gasteiger charge is 2.36. The second-order valence-electron chi connectivity index (χ2n) is 7.01. The third-order valence-electron chi connectivity index (χ3n) is 4.86. The quantitative estimate of drug-likeness (QED) is 0.837. The van der Waals surface area contributed by atoms with Crippen molar-refractivity contribution >= 4 is 10.2 Å². The molecule has 2 rings (SSSR count). The van der Waals surface area contributed by atoms with Gasteiger partial charge in [-0.15, -0.1) is 0 Å². The van der Waals surface area contributed by atoms with Crippen molar-refractivity contribution in [2.24, 2.45) is 17.8 Å². The van der Waals surface area contributed by atoms with Crippen molar-refractivity contribution in [1.29, 1.82) is 0 Å². The van der Waals surface area contributed by atoms with Crippen LogP contribution in [-0.2, 0) is 10.2 Å². The fourth-order valence-electron chi connectivity index (χ4n) is 3.73. The maximum absolute atomic E-state index is 12.8. The minimum absolute atomic E-state index is 0.469. The summed E-state index contributed by atoms with van der Waals surface area (Å²) in [7, 11) is -1.27. The van der Waals surface area contributed by atoms with Gasteiger partial charge in [0.2, 0.25) is 0 Å². The molecule has 2 heterocycles. The highest BCUT2D eigenvalue weighted by atomic mass is 32.2. The Hall–Kier alpha value is -0.170. The van der Waals surface area contributed by atoms with E-state index < -0.39 is 10.2 Å². The van der Waals surface area contributed by atoms with Crippen molar-refractivity contribution in [1.82, 2.24) is 13.9 Å². The first-order chi connectivity index (χ1) is 9.93. The normalized spacial score (nSPS) is 30.6. The molecule has 21 heavy (non-hydrogen) atoms. The van der Waals surface area contributed by atoms with Crippen LogP contribution in [0, 0.1) is 17.8 Å². The molecule has 0 radical (unpaired) electrons. The van der Waals surface area contributed by atoms with E-state index in [9.17, 15) is 8.42 Å². The lowest BCUT2D eigenvalue weighted by Gasteiger charge is -2.39. The molecular formula is C15H31N3O2S. The minimum Gasteiger partial charge on any atom is -0.320 e. The van der Waals surface area contributed by atoms with Crippen molar-refractivity contribution in [3.63, 3.8) is 0 Å². The van der Waals surface area contributed by atoms with Crippen LogP contribution in [0.3, 0.4) is 0 Å². The SMILES string of the molecule is CNCCC1CCN(S(=O)(=O)N2CC(C)CC(C)C2)CC1. The molecule has 1 N–H and O–H groups in total. The molecule has 0 spiro atoms. The Labute approximate surface area is 130 Å². The Balaban J connectivity index is 1.92. The smallest absolute Gasteiger partial charge is 0.281 e. The summed E-state index contributed by atoms with van der Waals surface area (Å²) < 4.78 is 29.0. The number of rotatable bonds is 5. The van der Waals surface area contributed by atoms with E-state index in [0.29, 0.717) is 43.9 Å². The van der Waals surface area contributed by atoms with E-state index in [4.69, 9.17) is 0 Å². The Kier molecular flexibility index (Phi) is 6.05. The van der Waals surface area contributed by atoms with E-state index in [2.05, 4.69) is 19.2 Å². The summed E-state index contributed by atoms with van der Waals surface area (Å²) in [6, 6.07) is 0. The van der Waals surface area contributed by atoms with Crippen LogP contribution in [0.4, 0.5) is 0 Å². The zero-order valence-electron chi connectivity index (χ0n) is 13.7. The summed E-state index contributed by atoms with van der Waals surface area (Å²) in [5.74, 6) is 1.61. The highest BCUT2D eigenvalue weighted by Crippen LogP contribution is 2.28. The molecule has 124 valence electrons. The van der Waals surface area contributed by atoms with Crippen molar-refractivity contribution in [2.45, 2.75) is 39.5 Å². The Morgan fingerprint density at radius 1 is 1.05 bits per heavy atom. The van der Waals surface area contributed by atoms with Gasteiger partial charge in [0.15, 0.2) is 0 Å². The zero-order chi connectivity index (χ0) is 15.5. The molecular weight excluding hydrogens is 286 g/mol. The van der Waals surface area contributed by atoms with Crippen LogP contribution in [0.5, 0.6) is 0 Å². The van der Waals surface area contributed by atoms with Gasteiger partial charge in [-0.05, 0) is 57.0 Å². The van der Waals surface area contributed by atoms with E-state index in [1.54, 1.807) is 8.61 Å². The van der Waals surface area contributed by atoms with Crippen LogP contribution >= 0.6 is 0 Å². The molecule has 5 nitrogen and oxygen atoms in total. The van der Waals surface area contributed by atoms with Gasteiger partial charge in [-0.2, -0.15) is 17.0 Å². The number of hydrogen-bond acceptors (Lipinski definition) is 3. The molecule has 0 saturated carbocycles. The third kappa shape index (κ3) is 4.41. The van der Waals surface area contributed by atoms with E-state index in [1.165, 1.54) is 0 Å². The van der Waals surface area contributed by atoms with Gasteiger partial charge in [-0.25, -0.2) is 0 Å². The Morgan fingerprint density at radius 3 is 2.14 bits per heavy atom. The maximum atomic E-state index is 12.8. The number of piperidine rings is 2. The first-order valence-electron chi connectivity index (χ1n) is 8.33. The summed E-state index contributed by atoms with van der Waals surface area (Å²) in [6.07, 6.45) is 4.29. The molecule has 6 heteroatoms. The minimum atomic E-state index is -3.24. The summed E-state index contributed by atoms with van der Waals surface area (Å²) in [6.45, 7) is 8.09. The van der Waals surface area contributed by atoms with E-state index in [0.717, 1.165) is 32.2 Å². The molecule has 2 aliphatic rings. The summed E-state index contributed by atoms with van der Waals surface area (Å²) in [4.78, 5) is 0. The van der Waals surface area contributed by atoms with Crippen molar-refractivity contribution < 1.29 is 8.42 Å². The van der Waals surface area contributed by atoms with Crippen molar-refractivity contribution in [2.75, 3.05) is 39.8 Å². The molecule has 0 bridgehead atoms. The first kappa shape index (κ1) is 17.2.